The van der Waals surface area contributed by atoms with E-state index in [2.05, 4.69) is 27.3 Å². The van der Waals surface area contributed by atoms with Gasteiger partial charge in [-0.25, -0.2) is 0 Å². The average Bonchev–Trinajstić information content (AvgIpc) is 2.37. The second-order valence-corrected chi connectivity index (χ2v) is 4.42. The summed E-state index contributed by atoms with van der Waals surface area (Å²) in [5.41, 5.74) is 0. The Labute approximate surface area is 142 Å². The third kappa shape index (κ3) is 17.7. The zero-order valence-electron chi connectivity index (χ0n) is 12.8. The van der Waals surface area contributed by atoms with E-state index in [0.29, 0.717) is 18.9 Å². The summed E-state index contributed by atoms with van der Waals surface area (Å²) in [5.74, 6) is 0.708. The van der Waals surface area contributed by atoms with E-state index < -0.39 is 12.8 Å². The Morgan fingerprint density at radius 3 is 2.38 bits per heavy atom. The SMILES string of the molecule is CCCCCNC(=NCCCOCC(F)(F)F)NCC.I. The van der Waals surface area contributed by atoms with Crippen LogP contribution in [0.3, 0.4) is 0 Å². The van der Waals surface area contributed by atoms with E-state index >= 15 is 0 Å². The van der Waals surface area contributed by atoms with Crippen LogP contribution in [0.4, 0.5) is 13.2 Å². The van der Waals surface area contributed by atoms with Crippen LogP contribution < -0.4 is 10.6 Å². The average molecular weight is 425 g/mol. The van der Waals surface area contributed by atoms with Crippen LogP contribution in [0.15, 0.2) is 4.99 Å². The molecule has 4 nitrogen and oxygen atoms in total. The van der Waals surface area contributed by atoms with Gasteiger partial charge in [-0.3, -0.25) is 4.99 Å². The largest absolute Gasteiger partial charge is 0.411 e. The van der Waals surface area contributed by atoms with Crippen molar-refractivity contribution in [3.8, 4) is 0 Å². The molecule has 0 aromatic rings. The normalized spacial score (nSPS) is 12.0. The Morgan fingerprint density at radius 2 is 1.81 bits per heavy atom. The molecule has 0 bridgehead atoms. The highest BCUT2D eigenvalue weighted by atomic mass is 127. The zero-order chi connectivity index (χ0) is 15.3. The number of hydrogen-bond donors (Lipinski definition) is 2. The zero-order valence-corrected chi connectivity index (χ0v) is 15.1. The van der Waals surface area contributed by atoms with Gasteiger partial charge in [0.25, 0.3) is 0 Å². The van der Waals surface area contributed by atoms with Crippen molar-refractivity contribution in [2.45, 2.75) is 45.7 Å². The summed E-state index contributed by atoms with van der Waals surface area (Å²) in [5, 5.41) is 6.28. The molecule has 0 unspecified atom stereocenters. The molecule has 0 aromatic carbocycles. The molecule has 2 N–H and O–H groups in total. The maximum Gasteiger partial charge on any atom is 0.411 e. The molecule has 0 saturated carbocycles. The first kappa shape index (κ1) is 23.0. The monoisotopic (exact) mass is 425 g/mol. The number of nitrogens with zero attached hydrogens (tertiary/aromatic N) is 1. The van der Waals surface area contributed by atoms with Crippen molar-refractivity contribution in [1.82, 2.24) is 10.6 Å². The van der Waals surface area contributed by atoms with E-state index in [-0.39, 0.29) is 30.6 Å². The fourth-order valence-corrected chi connectivity index (χ4v) is 1.47. The highest BCUT2D eigenvalue weighted by molar-refractivity contribution is 14.0. The van der Waals surface area contributed by atoms with Crippen molar-refractivity contribution in [2.24, 2.45) is 4.99 Å². The standard InChI is InChI=1S/C13H26F3N3O.HI/c1-3-5-6-8-18-12(17-4-2)19-9-7-10-20-11-13(14,15)16;/h3-11H2,1-2H3,(H2,17,18,19);1H. The van der Waals surface area contributed by atoms with Crippen LogP contribution in [0.2, 0.25) is 0 Å². The summed E-state index contributed by atoms with van der Waals surface area (Å²) in [6, 6.07) is 0. The van der Waals surface area contributed by atoms with Gasteiger partial charge in [0.2, 0.25) is 0 Å². The van der Waals surface area contributed by atoms with Crippen molar-refractivity contribution in [1.29, 1.82) is 0 Å². The topological polar surface area (TPSA) is 45.7 Å². The van der Waals surface area contributed by atoms with Crippen molar-refractivity contribution in [3.63, 3.8) is 0 Å². The summed E-state index contributed by atoms with van der Waals surface area (Å²) in [4.78, 5) is 4.28. The third-order valence-electron chi connectivity index (χ3n) is 2.40. The summed E-state index contributed by atoms with van der Waals surface area (Å²) in [6.45, 7) is 5.04. The molecule has 0 amide bonds. The van der Waals surface area contributed by atoms with Crippen LogP contribution in [0.5, 0.6) is 0 Å². The van der Waals surface area contributed by atoms with E-state index in [4.69, 9.17) is 0 Å². The van der Waals surface area contributed by atoms with E-state index in [0.717, 1.165) is 32.4 Å². The Bertz CT molecular complexity index is 264. The van der Waals surface area contributed by atoms with Crippen LogP contribution in [0.1, 0.15) is 39.5 Å². The number of rotatable bonds is 10. The van der Waals surface area contributed by atoms with Gasteiger partial charge in [-0.2, -0.15) is 13.2 Å². The fraction of sp³-hybridized carbons (Fsp3) is 0.923. The number of guanidine groups is 1. The molecule has 0 aliphatic carbocycles. The number of halogens is 4. The van der Waals surface area contributed by atoms with Gasteiger partial charge in [-0.15, -0.1) is 24.0 Å². The van der Waals surface area contributed by atoms with Gasteiger partial charge in [0.1, 0.15) is 6.61 Å². The molecule has 0 radical (unpaired) electrons. The fourth-order valence-electron chi connectivity index (χ4n) is 1.47. The highest BCUT2D eigenvalue weighted by Gasteiger charge is 2.27. The molecule has 0 aromatic heterocycles. The van der Waals surface area contributed by atoms with Gasteiger partial charge in [-0.1, -0.05) is 19.8 Å². The van der Waals surface area contributed by atoms with Crippen LogP contribution in [0.25, 0.3) is 0 Å². The van der Waals surface area contributed by atoms with E-state index in [1.807, 2.05) is 6.92 Å². The molecule has 0 rings (SSSR count). The molecule has 0 aliphatic rings. The van der Waals surface area contributed by atoms with E-state index in [1.165, 1.54) is 0 Å². The molecule has 0 atom stereocenters. The quantitative estimate of drug-likeness (QED) is 0.244. The predicted octanol–water partition coefficient (Wildman–Crippen LogP) is 3.32. The first-order valence-corrected chi connectivity index (χ1v) is 7.16. The molecular formula is C13H27F3IN3O. The van der Waals surface area contributed by atoms with Crippen LogP contribution in [0, 0.1) is 0 Å². The van der Waals surface area contributed by atoms with Gasteiger partial charge < -0.3 is 15.4 Å². The van der Waals surface area contributed by atoms with Gasteiger partial charge in [-0.05, 0) is 19.8 Å². The van der Waals surface area contributed by atoms with Gasteiger partial charge in [0.05, 0.1) is 0 Å². The number of aliphatic imine (C=N–C) groups is 1. The Hall–Kier alpha value is -0.250. The smallest absolute Gasteiger partial charge is 0.372 e. The van der Waals surface area contributed by atoms with Crippen LogP contribution in [-0.4, -0.2) is 45.0 Å². The van der Waals surface area contributed by atoms with E-state index in [1.54, 1.807) is 0 Å². The molecule has 8 heteroatoms. The first-order valence-electron chi connectivity index (χ1n) is 7.16. The molecular weight excluding hydrogens is 398 g/mol. The predicted molar refractivity (Wildman–Crippen MR) is 90.4 cm³/mol. The number of hydrogen-bond acceptors (Lipinski definition) is 2. The molecule has 0 aliphatic heterocycles. The Balaban J connectivity index is 0. The number of unbranched alkanes of at least 4 members (excludes halogenated alkanes) is 2. The van der Waals surface area contributed by atoms with Crippen molar-refractivity contribution < 1.29 is 17.9 Å². The lowest BCUT2D eigenvalue weighted by molar-refractivity contribution is -0.173. The van der Waals surface area contributed by atoms with Gasteiger partial charge in [0, 0.05) is 26.2 Å². The number of ether oxygens (including phenoxy) is 1. The summed E-state index contributed by atoms with van der Waals surface area (Å²) < 4.78 is 40.0. The minimum absolute atomic E-state index is 0. The third-order valence-corrected chi connectivity index (χ3v) is 2.40. The van der Waals surface area contributed by atoms with E-state index in [9.17, 15) is 13.2 Å². The summed E-state index contributed by atoms with van der Waals surface area (Å²) in [6.07, 6.45) is -0.375. The molecule has 0 spiro atoms. The maximum atomic E-state index is 11.8. The second-order valence-electron chi connectivity index (χ2n) is 4.42. The van der Waals surface area contributed by atoms with Crippen molar-refractivity contribution in [2.75, 3.05) is 32.8 Å². The lowest BCUT2D eigenvalue weighted by Gasteiger charge is -2.11. The van der Waals surface area contributed by atoms with Crippen molar-refractivity contribution >= 4 is 29.9 Å². The van der Waals surface area contributed by atoms with Crippen molar-refractivity contribution in [3.05, 3.63) is 0 Å². The minimum atomic E-state index is -4.25. The number of alkyl halides is 3. The number of nitrogens with one attached hydrogen (secondary N) is 2. The molecule has 0 fully saturated rings. The summed E-state index contributed by atoms with van der Waals surface area (Å²) >= 11 is 0. The van der Waals surface area contributed by atoms with Crippen LogP contribution >= 0.6 is 24.0 Å². The lowest BCUT2D eigenvalue weighted by Crippen LogP contribution is -2.37. The lowest BCUT2D eigenvalue weighted by atomic mass is 10.2. The Kier molecular flexibility index (Phi) is 16.1. The molecule has 0 heterocycles. The molecule has 128 valence electrons. The second kappa shape index (κ2) is 14.7. The van der Waals surface area contributed by atoms with Gasteiger partial charge in [0.15, 0.2) is 5.96 Å². The van der Waals surface area contributed by atoms with Crippen LogP contribution in [-0.2, 0) is 4.74 Å². The first-order chi connectivity index (χ1) is 9.49. The minimum Gasteiger partial charge on any atom is -0.372 e. The summed E-state index contributed by atoms with van der Waals surface area (Å²) in [7, 11) is 0. The highest BCUT2D eigenvalue weighted by Crippen LogP contribution is 2.14. The maximum absolute atomic E-state index is 11.8. The van der Waals surface area contributed by atoms with Gasteiger partial charge >= 0.3 is 6.18 Å². The molecule has 0 saturated heterocycles. The molecule has 21 heavy (non-hydrogen) atoms. The Morgan fingerprint density at radius 1 is 1.10 bits per heavy atom.